The molecule has 124 valence electrons. The lowest BCUT2D eigenvalue weighted by molar-refractivity contribution is 0.134. The van der Waals surface area contributed by atoms with Crippen molar-refractivity contribution in [2.24, 2.45) is 11.8 Å². The normalized spacial score (nSPS) is 23.7. The number of hydrogen-bond donors (Lipinski definition) is 1. The molecule has 0 aromatic carbocycles. The number of nitrogens with zero attached hydrogens (tertiary/aromatic N) is 2. The number of aliphatic hydroxyl groups excluding tert-OH is 1. The van der Waals surface area contributed by atoms with E-state index in [-0.39, 0.29) is 0 Å². The molecular weight excluding hydrogens is 264 g/mol. The van der Waals surface area contributed by atoms with Crippen molar-refractivity contribution in [1.29, 1.82) is 0 Å². The standard InChI is InChI=1S/C17H34N2O2/c20-14-12-18-8-4-16(5-9-18)2-1-3-17-6-10-19(11-7-17)13-15-21/h16-17,20-21H,1-15H2/p+1. The van der Waals surface area contributed by atoms with E-state index in [4.69, 9.17) is 10.2 Å². The summed E-state index contributed by atoms with van der Waals surface area (Å²) >= 11 is 0. The topological polar surface area (TPSA) is 49.6 Å². The van der Waals surface area contributed by atoms with Gasteiger partial charge in [-0.3, -0.25) is 4.90 Å². The van der Waals surface area contributed by atoms with Crippen molar-refractivity contribution < 1.29 is 10.2 Å². The van der Waals surface area contributed by atoms with Crippen LogP contribution in [0.5, 0.6) is 0 Å². The smallest absolute Gasteiger partial charge is 0.156 e. The van der Waals surface area contributed by atoms with Crippen LogP contribution in [0.3, 0.4) is 0 Å². The van der Waals surface area contributed by atoms with E-state index in [0.717, 1.165) is 24.9 Å². The highest BCUT2D eigenvalue weighted by Crippen LogP contribution is 2.27. The Kier molecular flexibility index (Phi) is 8.01. The van der Waals surface area contributed by atoms with Gasteiger partial charge in [0.05, 0.1) is 13.2 Å². The zero-order chi connectivity index (χ0) is 14.9. The minimum atomic E-state index is 0.309. The maximum absolute atomic E-state index is 8.97. The first kappa shape index (κ1) is 17.2. The van der Waals surface area contributed by atoms with Gasteiger partial charge in [0.15, 0.2) is 6.61 Å². The average molecular weight is 299 g/mol. The summed E-state index contributed by atoms with van der Waals surface area (Å²) in [5.41, 5.74) is 0. The van der Waals surface area contributed by atoms with Crippen molar-refractivity contribution >= 4 is 0 Å². The van der Waals surface area contributed by atoms with Gasteiger partial charge in [0.25, 0.3) is 0 Å². The number of aliphatic hydroxyl groups is 1. The van der Waals surface area contributed by atoms with E-state index >= 15 is 0 Å². The van der Waals surface area contributed by atoms with Crippen LogP contribution in [0.1, 0.15) is 44.9 Å². The summed E-state index contributed by atoms with van der Waals surface area (Å²) in [6, 6.07) is 0. The van der Waals surface area contributed by atoms with Gasteiger partial charge in [-0.2, -0.15) is 0 Å². The highest BCUT2D eigenvalue weighted by Gasteiger charge is 2.21. The third-order valence-corrected chi connectivity index (χ3v) is 5.48. The Balaban J connectivity index is 1.51. The first-order valence-corrected chi connectivity index (χ1v) is 9.02. The third-order valence-electron chi connectivity index (χ3n) is 5.48. The predicted octanol–water partition coefficient (Wildman–Crippen LogP) is 1.30. The minimum Gasteiger partial charge on any atom is -0.444 e. The van der Waals surface area contributed by atoms with Crippen molar-refractivity contribution in [2.75, 3.05) is 52.5 Å². The molecule has 2 heterocycles. The Hall–Kier alpha value is -0.160. The first-order chi connectivity index (χ1) is 10.3. The van der Waals surface area contributed by atoms with Crippen LogP contribution in [-0.2, 0) is 0 Å². The molecule has 0 aromatic heterocycles. The summed E-state index contributed by atoms with van der Waals surface area (Å²) < 4.78 is 0. The molecule has 0 spiro atoms. The quantitative estimate of drug-likeness (QED) is 0.687. The van der Waals surface area contributed by atoms with Crippen molar-refractivity contribution in [3.05, 3.63) is 0 Å². The van der Waals surface area contributed by atoms with Crippen LogP contribution in [0.15, 0.2) is 0 Å². The summed E-state index contributed by atoms with van der Waals surface area (Å²) in [6.07, 6.45) is 9.63. The van der Waals surface area contributed by atoms with E-state index < -0.39 is 0 Å². The van der Waals surface area contributed by atoms with Gasteiger partial charge >= 0.3 is 0 Å². The zero-order valence-electron chi connectivity index (χ0n) is 13.6. The molecule has 2 aliphatic rings. The fraction of sp³-hybridized carbons (Fsp3) is 1.00. The van der Waals surface area contributed by atoms with Crippen LogP contribution in [0.4, 0.5) is 0 Å². The van der Waals surface area contributed by atoms with Crippen molar-refractivity contribution in [2.45, 2.75) is 44.9 Å². The van der Waals surface area contributed by atoms with Gasteiger partial charge in [0.2, 0.25) is 0 Å². The Morgan fingerprint density at radius 1 is 0.810 bits per heavy atom. The molecule has 0 radical (unpaired) electrons. The Morgan fingerprint density at radius 2 is 1.29 bits per heavy atom. The fourth-order valence-corrected chi connectivity index (χ4v) is 3.99. The summed E-state index contributed by atoms with van der Waals surface area (Å²) in [7, 11) is 0. The lowest BCUT2D eigenvalue weighted by Gasteiger charge is -2.33. The van der Waals surface area contributed by atoms with E-state index in [9.17, 15) is 0 Å². The van der Waals surface area contributed by atoms with Gasteiger partial charge in [-0.05, 0) is 63.7 Å². The number of rotatable bonds is 8. The van der Waals surface area contributed by atoms with Crippen molar-refractivity contribution in [3.63, 3.8) is 0 Å². The van der Waals surface area contributed by atoms with Crippen molar-refractivity contribution in [1.82, 2.24) is 9.80 Å². The maximum Gasteiger partial charge on any atom is 0.156 e. The van der Waals surface area contributed by atoms with E-state index in [1.807, 2.05) is 0 Å². The van der Waals surface area contributed by atoms with Gasteiger partial charge in [0, 0.05) is 6.54 Å². The van der Waals surface area contributed by atoms with E-state index in [2.05, 4.69) is 9.80 Å². The van der Waals surface area contributed by atoms with Gasteiger partial charge in [-0.1, -0.05) is 19.3 Å². The van der Waals surface area contributed by atoms with Crippen LogP contribution < -0.4 is 0 Å². The number of likely N-dealkylation sites (tertiary alicyclic amines) is 2. The number of β-amino-alcohol motifs (C(OH)–C–C–N with tert-alkyl or cyclic N) is 1. The van der Waals surface area contributed by atoms with Crippen molar-refractivity contribution in [3.8, 4) is 0 Å². The SMILES string of the molecule is OCCN1CCC(CCCC2CCN(CC[OH2+])CC2)CC1. The van der Waals surface area contributed by atoms with Crippen LogP contribution in [0, 0.1) is 11.8 Å². The lowest BCUT2D eigenvalue weighted by Crippen LogP contribution is -2.36. The molecule has 4 heteroatoms. The molecule has 0 unspecified atom stereocenters. The maximum atomic E-state index is 8.97. The Bertz CT molecular complexity index is 234. The second-order valence-electron chi connectivity index (χ2n) is 6.97. The molecular formula is C17H35N2O2+. The van der Waals surface area contributed by atoms with E-state index in [1.165, 1.54) is 71.1 Å². The van der Waals surface area contributed by atoms with Gasteiger partial charge in [0.1, 0.15) is 0 Å². The number of hydrogen-bond acceptors (Lipinski definition) is 3. The van der Waals surface area contributed by atoms with Crippen LogP contribution in [0.2, 0.25) is 0 Å². The molecule has 0 amide bonds. The molecule has 0 aromatic rings. The van der Waals surface area contributed by atoms with E-state index in [1.54, 1.807) is 0 Å². The van der Waals surface area contributed by atoms with Crippen LogP contribution in [0.25, 0.3) is 0 Å². The molecule has 2 saturated heterocycles. The van der Waals surface area contributed by atoms with E-state index in [0.29, 0.717) is 13.2 Å². The molecule has 0 saturated carbocycles. The summed E-state index contributed by atoms with van der Waals surface area (Å²) in [6.45, 7) is 7.53. The first-order valence-electron chi connectivity index (χ1n) is 9.02. The molecule has 2 fully saturated rings. The average Bonchev–Trinajstić information content (AvgIpc) is 2.51. The second-order valence-corrected chi connectivity index (χ2v) is 6.97. The minimum absolute atomic E-state index is 0.309. The largest absolute Gasteiger partial charge is 0.444 e. The van der Waals surface area contributed by atoms with Gasteiger partial charge in [-0.25, -0.2) is 0 Å². The Labute approximate surface area is 130 Å². The zero-order valence-corrected chi connectivity index (χ0v) is 13.6. The molecule has 4 nitrogen and oxygen atoms in total. The molecule has 3 N–H and O–H groups in total. The monoisotopic (exact) mass is 299 g/mol. The highest BCUT2D eigenvalue weighted by atomic mass is 16.3. The third kappa shape index (κ3) is 6.23. The summed E-state index contributed by atoms with van der Waals surface area (Å²) in [5, 5.41) is 16.3. The number of piperidine rings is 2. The predicted molar refractivity (Wildman–Crippen MR) is 87.7 cm³/mol. The lowest BCUT2D eigenvalue weighted by atomic mass is 9.87. The molecule has 21 heavy (non-hydrogen) atoms. The second kappa shape index (κ2) is 9.78. The molecule has 0 atom stereocenters. The Morgan fingerprint density at radius 3 is 1.71 bits per heavy atom. The highest BCUT2D eigenvalue weighted by molar-refractivity contribution is 4.75. The van der Waals surface area contributed by atoms with Gasteiger partial charge < -0.3 is 15.1 Å². The molecule has 0 bridgehead atoms. The molecule has 0 aliphatic carbocycles. The summed E-state index contributed by atoms with van der Waals surface area (Å²) in [5.74, 6) is 1.88. The summed E-state index contributed by atoms with van der Waals surface area (Å²) in [4.78, 5) is 4.86. The molecule has 2 aliphatic heterocycles. The molecule has 2 rings (SSSR count). The van der Waals surface area contributed by atoms with Gasteiger partial charge in [-0.15, -0.1) is 0 Å². The van der Waals surface area contributed by atoms with Crippen LogP contribution >= 0.6 is 0 Å². The fourth-order valence-electron chi connectivity index (χ4n) is 3.99. The van der Waals surface area contributed by atoms with Crippen LogP contribution in [-0.4, -0.2) is 72.5 Å².